The predicted molar refractivity (Wildman–Crippen MR) is 62.7 cm³/mol. The molecule has 0 unspecified atom stereocenters. The molecule has 0 aliphatic carbocycles. The molecule has 2 aromatic heterocycles. The summed E-state index contributed by atoms with van der Waals surface area (Å²) in [4.78, 5) is 4.39. The van der Waals surface area contributed by atoms with Crippen LogP contribution >= 0.6 is 11.6 Å². The predicted octanol–water partition coefficient (Wildman–Crippen LogP) is 2.49. The maximum atomic E-state index is 6.07. The summed E-state index contributed by atoms with van der Waals surface area (Å²) in [5.74, 6) is 0. The molecule has 3 rings (SSSR count). The molecule has 0 amide bonds. The molecule has 5 heteroatoms. The third-order valence-electron chi connectivity index (χ3n) is 2.68. The molecule has 0 N–H and O–H groups in total. The van der Waals surface area contributed by atoms with Crippen LogP contribution in [0.15, 0.2) is 24.5 Å². The molecule has 0 spiro atoms. The highest BCUT2D eigenvalue weighted by atomic mass is 35.5. The van der Waals surface area contributed by atoms with Crippen LogP contribution in [0.2, 0.25) is 5.15 Å². The number of nitrogens with zero attached hydrogens (tertiary/aromatic N) is 4. The number of para-hydroxylation sites is 1. The zero-order chi connectivity index (χ0) is 11.1. The molecular formula is C11H9ClN4. The summed E-state index contributed by atoms with van der Waals surface area (Å²) in [6.45, 7) is 2.10. The van der Waals surface area contributed by atoms with E-state index >= 15 is 0 Å². The average molecular weight is 233 g/mol. The lowest BCUT2D eigenvalue weighted by Crippen LogP contribution is -1.95. The van der Waals surface area contributed by atoms with Gasteiger partial charge in [-0.1, -0.05) is 30.7 Å². The first-order valence-corrected chi connectivity index (χ1v) is 5.46. The van der Waals surface area contributed by atoms with E-state index in [1.165, 1.54) is 5.56 Å². The van der Waals surface area contributed by atoms with Crippen molar-refractivity contribution in [1.82, 2.24) is 19.6 Å². The van der Waals surface area contributed by atoms with Gasteiger partial charge in [0.05, 0.1) is 11.0 Å². The van der Waals surface area contributed by atoms with Crippen molar-refractivity contribution in [3.05, 3.63) is 35.2 Å². The number of aryl methyl sites for hydroxylation is 1. The first-order valence-electron chi connectivity index (χ1n) is 5.08. The van der Waals surface area contributed by atoms with Gasteiger partial charge in [0.15, 0.2) is 10.8 Å². The number of rotatable bonds is 1. The Kier molecular flexibility index (Phi) is 2.04. The summed E-state index contributed by atoms with van der Waals surface area (Å²) in [6.07, 6.45) is 2.58. The van der Waals surface area contributed by atoms with E-state index in [2.05, 4.69) is 28.2 Å². The first-order chi connectivity index (χ1) is 7.81. The van der Waals surface area contributed by atoms with Gasteiger partial charge in [-0.15, -0.1) is 10.2 Å². The monoisotopic (exact) mass is 232 g/mol. The van der Waals surface area contributed by atoms with E-state index in [-0.39, 0.29) is 0 Å². The van der Waals surface area contributed by atoms with Gasteiger partial charge in [0.2, 0.25) is 0 Å². The number of hydrogen-bond acceptors (Lipinski definition) is 3. The Balaban J connectivity index is 2.57. The van der Waals surface area contributed by atoms with E-state index in [1.807, 2.05) is 16.5 Å². The molecule has 2 heterocycles. The molecule has 16 heavy (non-hydrogen) atoms. The fourth-order valence-corrected chi connectivity index (χ4v) is 2.10. The fourth-order valence-electron chi connectivity index (χ4n) is 1.89. The lowest BCUT2D eigenvalue weighted by molar-refractivity contribution is 1.11. The second-order valence-corrected chi connectivity index (χ2v) is 3.92. The molecule has 0 aliphatic heterocycles. The summed E-state index contributed by atoms with van der Waals surface area (Å²) in [5.41, 5.74) is 3.68. The number of aromatic nitrogens is 4. The topological polar surface area (TPSA) is 43.1 Å². The molecule has 4 nitrogen and oxygen atoms in total. The normalized spacial score (nSPS) is 11.4. The molecular weight excluding hydrogens is 224 g/mol. The van der Waals surface area contributed by atoms with Gasteiger partial charge in [0.25, 0.3) is 0 Å². The molecule has 0 fully saturated rings. The van der Waals surface area contributed by atoms with Crippen LogP contribution in [-0.2, 0) is 6.42 Å². The van der Waals surface area contributed by atoms with Gasteiger partial charge >= 0.3 is 0 Å². The maximum Gasteiger partial charge on any atom is 0.198 e. The molecule has 0 saturated carbocycles. The number of benzene rings is 1. The van der Waals surface area contributed by atoms with Crippen molar-refractivity contribution in [3.8, 4) is 0 Å². The molecule has 3 aromatic rings. The van der Waals surface area contributed by atoms with E-state index in [4.69, 9.17) is 11.6 Å². The van der Waals surface area contributed by atoms with Crippen molar-refractivity contribution in [2.24, 2.45) is 0 Å². The minimum Gasteiger partial charge on any atom is -0.277 e. The zero-order valence-corrected chi connectivity index (χ0v) is 9.44. The van der Waals surface area contributed by atoms with E-state index in [0.717, 1.165) is 17.5 Å². The van der Waals surface area contributed by atoms with Gasteiger partial charge in [-0.25, -0.2) is 4.98 Å². The van der Waals surface area contributed by atoms with Crippen LogP contribution in [0.5, 0.6) is 0 Å². The molecule has 80 valence electrons. The van der Waals surface area contributed by atoms with Gasteiger partial charge in [0, 0.05) is 0 Å². The van der Waals surface area contributed by atoms with Crippen LogP contribution in [0.1, 0.15) is 12.5 Å². The Bertz CT molecular complexity index is 674. The Morgan fingerprint density at radius 3 is 3.06 bits per heavy atom. The summed E-state index contributed by atoms with van der Waals surface area (Å²) in [7, 11) is 0. The van der Waals surface area contributed by atoms with Gasteiger partial charge in [-0.05, 0) is 18.1 Å². The average Bonchev–Trinajstić information content (AvgIpc) is 2.78. The Labute approximate surface area is 96.9 Å². The third-order valence-corrected chi connectivity index (χ3v) is 2.93. The highest BCUT2D eigenvalue weighted by molar-refractivity contribution is 6.32. The van der Waals surface area contributed by atoms with Crippen molar-refractivity contribution in [2.45, 2.75) is 13.3 Å². The molecule has 0 atom stereocenters. The second kappa shape index (κ2) is 3.42. The Morgan fingerprint density at radius 1 is 1.38 bits per heavy atom. The van der Waals surface area contributed by atoms with E-state index in [1.54, 1.807) is 6.33 Å². The van der Waals surface area contributed by atoms with Crippen LogP contribution in [0.4, 0.5) is 0 Å². The van der Waals surface area contributed by atoms with Gasteiger partial charge in [-0.3, -0.25) is 4.40 Å². The third kappa shape index (κ3) is 1.20. The zero-order valence-electron chi connectivity index (χ0n) is 8.68. The van der Waals surface area contributed by atoms with Crippen molar-refractivity contribution < 1.29 is 0 Å². The lowest BCUT2D eigenvalue weighted by Gasteiger charge is -2.05. The minimum atomic E-state index is 0.394. The quantitative estimate of drug-likeness (QED) is 0.648. The summed E-state index contributed by atoms with van der Waals surface area (Å²) in [6, 6.07) is 6.06. The van der Waals surface area contributed by atoms with Crippen LogP contribution in [0.25, 0.3) is 16.7 Å². The summed E-state index contributed by atoms with van der Waals surface area (Å²) >= 11 is 6.07. The smallest absolute Gasteiger partial charge is 0.198 e. The Morgan fingerprint density at radius 2 is 2.25 bits per heavy atom. The largest absolute Gasteiger partial charge is 0.277 e. The van der Waals surface area contributed by atoms with Crippen molar-refractivity contribution in [2.75, 3.05) is 0 Å². The SMILES string of the molecule is CCc1cccc2c1nc(Cl)c1nncn12. The molecule has 0 saturated heterocycles. The van der Waals surface area contributed by atoms with Crippen molar-refractivity contribution in [1.29, 1.82) is 0 Å². The van der Waals surface area contributed by atoms with E-state index in [9.17, 15) is 0 Å². The lowest BCUT2D eigenvalue weighted by atomic mass is 10.1. The molecule has 0 bridgehead atoms. The number of fused-ring (bicyclic) bond motifs is 3. The standard InChI is InChI=1S/C11H9ClN4/c1-2-7-4-3-5-8-9(7)14-10(12)11-15-13-6-16(8)11/h3-6H,2H2,1H3. The van der Waals surface area contributed by atoms with Crippen LogP contribution in [0.3, 0.4) is 0 Å². The van der Waals surface area contributed by atoms with Crippen LogP contribution < -0.4 is 0 Å². The molecule has 0 aliphatic rings. The highest BCUT2D eigenvalue weighted by Gasteiger charge is 2.09. The van der Waals surface area contributed by atoms with Crippen molar-refractivity contribution >= 4 is 28.3 Å². The molecule has 1 aromatic carbocycles. The second-order valence-electron chi connectivity index (χ2n) is 3.57. The Hall–Kier alpha value is -1.68. The summed E-state index contributed by atoms with van der Waals surface area (Å²) < 4.78 is 1.86. The number of hydrogen-bond donors (Lipinski definition) is 0. The minimum absolute atomic E-state index is 0.394. The fraction of sp³-hybridized carbons (Fsp3) is 0.182. The summed E-state index contributed by atoms with van der Waals surface area (Å²) in [5, 5.41) is 8.19. The number of halogens is 1. The maximum absolute atomic E-state index is 6.07. The highest BCUT2D eigenvalue weighted by Crippen LogP contribution is 2.22. The van der Waals surface area contributed by atoms with Crippen molar-refractivity contribution in [3.63, 3.8) is 0 Å². The first kappa shape index (κ1) is 9.54. The van der Waals surface area contributed by atoms with Gasteiger partial charge in [-0.2, -0.15) is 0 Å². The van der Waals surface area contributed by atoms with Crippen LogP contribution in [-0.4, -0.2) is 19.6 Å². The van der Waals surface area contributed by atoms with Gasteiger partial charge in [0.1, 0.15) is 6.33 Å². The van der Waals surface area contributed by atoms with Crippen LogP contribution in [0, 0.1) is 0 Å². The van der Waals surface area contributed by atoms with Gasteiger partial charge < -0.3 is 0 Å². The molecule has 0 radical (unpaired) electrons. The van der Waals surface area contributed by atoms with E-state index in [0.29, 0.717) is 10.8 Å². The van der Waals surface area contributed by atoms with E-state index < -0.39 is 0 Å².